The predicted octanol–water partition coefficient (Wildman–Crippen LogP) is 4.81. The molecule has 0 N–H and O–H groups in total. The minimum atomic E-state index is -0.0491. The van der Waals surface area contributed by atoms with Gasteiger partial charge in [0.1, 0.15) is 5.69 Å². The summed E-state index contributed by atoms with van der Waals surface area (Å²) in [5.41, 5.74) is 4.15. The van der Waals surface area contributed by atoms with Crippen LogP contribution in [0.1, 0.15) is 34.5 Å². The fourth-order valence-corrected chi connectivity index (χ4v) is 4.17. The number of amides is 1. The van der Waals surface area contributed by atoms with Crippen molar-refractivity contribution < 1.29 is 4.79 Å². The molecule has 1 saturated heterocycles. The third-order valence-electron chi connectivity index (χ3n) is 5.92. The molecular weight excluding hydrogens is 370 g/mol. The summed E-state index contributed by atoms with van der Waals surface area (Å²) in [6, 6.07) is 24.7. The van der Waals surface area contributed by atoms with E-state index in [1.54, 1.807) is 4.90 Å². The van der Waals surface area contributed by atoms with E-state index < -0.39 is 0 Å². The third kappa shape index (κ3) is 5.07. The molecule has 154 valence electrons. The molecule has 0 saturated carbocycles. The standard InChI is InChI=1S/C26H29N3O/c1-28(20-23-10-6-3-7-11-23)26(30)25-13-12-24(19-27-25)29-16-14-22(15-17-29)18-21-8-4-2-5-9-21/h2-13,19,22H,14-18,20H2,1H3. The molecule has 2 heterocycles. The molecule has 0 bridgehead atoms. The van der Waals surface area contributed by atoms with Crippen LogP contribution in [0.2, 0.25) is 0 Å². The Morgan fingerprint density at radius 3 is 2.17 bits per heavy atom. The van der Waals surface area contributed by atoms with Crippen LogP contribution in [0.25, 0.3) is 0 Å². The number of anilines is 1. The van der Waals surface area contributed by atoms with E-state index >= 15 is 0 Å². The van der Waals surface area contributed by atoms with Crippen molar-refractivity contribution in [1.29, 1.82) is 0 Å². The topological polar surface area (TPSA) is 36.4 Å². The molecule has 30 heavy (non-hydrogen) atoms. The number of pyridine rings is 1. The van der Waals surface area contributed by atoms with Crippen LogP contribution in [0, 0.1) is 5.92 Å². The molecule has 0 aliphatic carbocycles. The van der Waals surface area contributed by atoms with Gasteiger partial charge in [-0.2, -0.15) is 0 Å². The van der Waals surface area contributed by atoms with Crippen molar-refractivity contribution in [2.45, 2.75) is 25.8 Å². The maximum absolute atomic E-state index is 12.7. The van der Waals surface area contributed by atoms with Gasteiger partial charge in [0, 0.05) is 26.7 Å². The molecule has 0 atom stereocenters. The average Bonchev–Trinajstić information content (AvgIpc) is 2.80. The van der Waals surface area contributed by atoms with E-state index in [0.717, 1.165) is 36.7 Å². The largest absolute Gasteiger partial charge is 0.370 e. The Labute approximate surface area is 179 Å². The summed E-state index contributed by atoms with van der Waals surface area (Å²) in [5, 5.41) is 0. The van der Waals surface area contributed by atoms with E-state index in [1.807, 2.05) is 55.7 Å². The molecule has 3 aromatic rings. The predicted molar refractivity (Wildman–Crippen MR) is 122 cm³/mol. The average molecular weight is 400 g/mol. The first kappa shape index (κ1) is 20.1. The van der Waals surface area contributed by atoms with Gasteiger partial charge in [0.25, 0.3) is 5.91 Å². The molecule has 0 radical (unpaired) electrons. The number of nitrogens with zero attached hydrogens (tertiary/aromatic N) is 3. The number of hydrogen-bond donors (Lipinski definition) is 0. The second-order valence-electron chi connectivity index (χ2n) is 8.17. The molecule has 1 aliphatic rings. The van der Waals surface area contributed by atoms with Crippen LogP contribution in [0.4, 0.5) is 5.69 Å². The van der Waals surface area contributed by atoms with E-state index in [1.165, 1.54) is 18.4 Å². The monoisotopic (exact) mass is 399 g/mol. The van der Waals surface area contributed by atoms with Crippen molar-refractivity contribution in [3.05, 3.63) is 95.8 Å². The molecule has 4 rings (SSSR count). The van der Waals surface area contributed by atoms with Crippen molar-refractivity contribution in [2.75, 3.05) is 25.0 Å². The Morgan fingerprint density at radius 1 is 0.933 bits per heavy atom. The third-order valence-corrected chi connectivity index (χ3v) is 5.92. The first-order valence-electron chi connectivity index (χ1n) is 10.7. The quantitative estimate of drug-likeness (QED) is 0.597. The highest BCUT2D eigenvalue weighted by Gasteiger charge is 2.20. The molecule has 2 aromatic carbocycles. The maximum Gasteiger partial charge on any atom is 0.272 e. The summed E-state index contributed by atoms with van der Waals surface area (Å²) in [5.74, 6) is 0.691. The number of benzene rings is 2. The second kappa shape index (κ2) is 9.57. The number of carbonyl (C=O) groups is 1. The summed E-state index contributed by atoms with van der Waals surface area (Å²) >= 11 is 0. The van der Waals surface area contributed by atoms with Gasteiger partial charge >= 0.3 is 0 Å². The summed E-state index contributed by atoms with van der Waals surface area (Å²) in [6.07, 6.45) is 5.39. The lowest BCUT2D eigenvalue weighted by Crippen LogP contribution is -2.34. The summed E-state index contributed by atoms with van der Waals surface area (Å²) in [4.78, 5) is 21.3. The fraction of sp³-hybridized carbons (Fsp3) is 0.308. The molecule has 4 nitrogen and oxygen atoms in total. The fourth-order valence-electron chi connectivity index (χ4n) is 4.17. The molecule has 0 unspecified atom stereocenters. The van der Waals surface area contributed by atoms with E-state index in [2.05, 4.69) is 40.2 Å². The zero-order valence-electron chi connectivity index (χ0n) is 17.6. The Kier molecular flexibility index (Phi) is 6.43. The van der Waals surface area contributed by atoms with Gasteiger partial charge in [-0.25, -0.2) is 4.98 Å². The zero-order chi connectivity index (χ0) is 20.8. The Bertz CT molecular complexity index is 933. The van der Waals surface area contributed by atoms with E-state index in [4.69, 9.17) is 0 Å². The van der Waals surface area contributed by atoms with Crippen LogP contribution in [-0.2, 0) is 13.0 Å². The minimum Gasteiger partial charge on any atom is -0.370 e. The minimum absolute atomic E-state index is 0.0491. The lowest BCUT2D eigenvalue weighted by atomic mass is 9.90. The van der Waals surface area contributed by atoms with Gasteiger partial charge in [-0.15, -0.1) is 0 Å². The molecular formula is C26H29N3O. The van der Waals surface area contributed by atoms with Gasteiger partial charge in [0.05, 0.1) is 11.9 Å². The van der Waals surface area contributed by atoms with Crippen molar-refractivity contribution >= 4 is 11.6 Å². The highest BCUT2D eigenvalue weighted by Crippen LogP contribution is 2.25. The molecule has 1 aliphatic heterocycles. The number of aromatic nitrogens is 1. The highest BCUT2D eigenvalue weighted by molar-refractivity contribution is 5.92. The first-order valence-corrected chi connectivity index (χ1v) is 10.7. The van der Waals surface area contributed by atoms with E-state index in [9.17, 15) is 4.79 Å². The highest BCUT2D eigenvalue weighted by atomic mass is 16.2. The molecule has 4 heteroatoms. The van der Waals surface area contributed by atoms with Gasteiger partial charge in [-0.05, 0) is 48.4 Å². The summed E-state index contributed by atoms with van der Waals surface area (Å²) in [6.45, 7) is 2.67. The Balaban J connectivity index is 1.31. The van der Waals surface area contributed by atoms with Crippen LogP contribution in [0.5, 0.6) is 0 Å². The van der Waals surface area contributed by atoms with Crippen molar-refractivity contribution in [1.82, 2.24) is 9.88 Å². The van der Waals surface area contributed by atoms with E-state index in [-0.39, 0.29) is 5.91 Å². The van der Waals surface area contributed by atoms with Crippen molar-refractivity contribution in [2.24, 2.45) is 5.92 Å². The lowest BCUT2D eigenvalue weighted by molar-refractivity contribution is 0.0779. The van der Waals surface area contributed by atoms with Crippen LogP contribution < -0.4 is 4.90 Å². The van der Waals surface area contributed by atoms with Gasteiger partial charge in [0.2, 0.25) is 0 Å². The number of rotatable bonds is 6. The summed E-state index contributed by atoms with van der Waals surface area (Å²) < 4.78 is 0. The number of piperidine rings is 1. The molecule has 1 fully saturated rings. The van der Waals surface area contributed by atoms with Crippen molar-refractivity contribution in [3.8, 4) is 0 Å². The lowest BCUT2D eigenvalue weighted by Gasteiger charge is -2.33. The maximum atomic E-state index is 12.7. The van der Waals surface area contributed by atoms with Gasteiger partial charge in [-0.1, -0.05) is 60.7 Å². The second-order valence-corrected chi connectivity index (χ2v) is 8.17. The number of carbonyl (C=O) groups excluding carboxylic acids is 1. The SMILES string of the molecule is CN(Cc1ccccc1)C(=O)c1ccc(N2CCC(Cc3ccccc3)CC2)cn1. The van der Waals surface area contributed by atoms with Crippen LogP contribution >= 0.6 is 0 Å². The van der Waals surface area contributed by atoms with Crippen LogP contribution in [0.3, 0.4) is 0 Å². The van der Waals surface area contributed by atoms with Crippen LogP contribution in [0.15, 0.2) is 79.0 Å². The normalized spacial score (nSPS) is 14.5. The van der Waals surface area contributed by atoms with Gasteiger partial charge < -0.3 is 9.80 Å². The van der Waals surface area contributed by atoms with Crippen molar-refractivity contribution in [3.63, 3.8) is 0 Å². The zero-order valence-corrected chi connectivity index (χ0v) is 17.6. The smallest absolute Gasteiger partial charge is 0.272 e. The van der Waals surface area contributed by atoms with E-state index in [0.29, 0.717) is 12.2 Å². The molecule has 1 amide bonds. The van der Waals surface area contributed by atoms with Crippen LogP contribution in [-0.4, -0.2) is 35.9 Å². The van der Waals surface area contributed by atoms with Gasteiger partial charge in [0.15, 0.2) is 0 Å². The number of hydrogen-bond acceptors (Lipinski definition) is 3. The first-order chi connectivity index (χ1) is 14.7. The van der Waals surface area contributed by atoms with Gasteiger partial charge in [-0.3, -0.25) is 4.79 Å². The Morgan fingerprint density at radius 2 is 1.57 bits per heavy atom. The molecule has 0 spiro atoms. The molecule has 1 aromatic heterocycles. The summed E-state index contributed by atoms with van der Waals surface area (Å²) in [7, 11) is 1.82. The Hall–Kier alpha value is -3.14.